The highest BCUT2D eigenvalue weighted by atomic mass is 16.2. The molecule has 1 aromatic rings. The average Bonchev–Trinajstić information content (AvgIpc) is 2.40. The summed E-state index contributed by atoms with van der Waals surface area (Å²) in [5.41, 5.74) is 1.25. The molecule has 0 atom stereocenters. The third kappa shape index (κ3) is 7.59. The topological polar surface area (TPSA) is 44.4 Å². The first-order valence-corrected chi connectivity index (χ1v) is 6.86. The van der Waals surface area contributed by atoms with Crippen molar-refractivity contribution in [3.05, 3.63) is 35.9 Å². The van der Waals surface area contributed by atoms with Crippen molar-refractivity contribution >= 4 is 5.91 Å². The number of carbonyl (C=O) groups excluding carboxylic acids is 1. The van der Waals surface area contributed by atoms with E-state index in [1.807, 2.05) is 32.3 Å². The van der Waals surface area contributed by atoms with Crippen molar-refractivity contribution in [3.8, 4) is 0 Å². The summed E-state index contributed by atoms with van der Waals surface area (Å²) in [7, 11) is 3.92. The first kappa shape index (κ1) is 15.7. The molecule has 0 bridgehead atoms. The first-order chi connectivity index (χ1) is 9.22. The number of amides is 1. The average molecular weight is 263 g/mol. The largest absolute Gasteiger partial charge is 0.355 e. The second kappa shape index (κ2) is 9.53. The van der Waals surface area contributed by atoms with Gasteiger partial charge in [0.25, 0.3) is 0 Å². The zero-order valence-electron chi connectivity index (χ0n) is 12.0. The number of hydrogen-bond acceptors (Lipinski definition) is 3. The highest BCUT2D eigenvalue weighted by molar-refractivity contribution is 5.77. The van der Waals surface area contributed by atoms with Crippen molar-refractivity contribution in [1.82, 2.24) is 15.5 Å². The number of rotatable bonds is 9. The molecule has 4 heteroatoms. The molecule has 0 aliphatic carbocycles. The van der Waals surface area contributed by atoms with Gasteiger partial charge in [-0.2, -0.15) is 0 Å². The maximum Gasteiger partial charge on any atom is 0.234 e. The van der Waals surface area contributed by atoms with Gasteiger partial charge in [0.2, 0.25) is 5.91 Å². The zero-order chi connectivity index (χ0) is 13.9. The van der Waals surface area contributed by atoms with Crippen LogP contribution in [0.1, 0.15) is 12.0 Å². The molecule has 0 aromatic heterocycles. The minimum Gasteiger partial charge on any atom is -0.355 e. The smallest absolute Gasteiger partial charge is 0.234 e. The van der Waals surface area contributed by atoms with Crippen LogP contribution in [0, 0.1) is 0 Å². The summed E-state index contributed by atoms with van der Waals surface area (Å²) in [6.07, 6.45) is 1.94. The van der Waals surface area contributed by atoms with Gasteiger partial charge >= 0.3 is 0 Å². The molecule has 1 amide bonds. The lowest BCUT2D eigenvalue weighted by Crippen LogP contribution is -2.37. The lowest BCUT2D eigenvalue weighted by Gasteiger charge is -2.16. The summed E-state index contributed by atoms with van der Waals surface area (Å²) in [6.45, 7) is 3.10. The molecule has 4 nitrogen and oxygen atoms in total. The highest BCUT2D eigenvalue weighted by Crippen LogP contribution is 1.98. The Labute approximate surface area is 116 Å². The van der Waals surface area contributed by atoms with Crippen molar-refractivity contribution in [3.63, 3.8) is 0 Å². The Bertz CT molecular complexity index is 354. The fourth-order valence-electron chi connectivity index (χ4n) is 1.90. The Balaban J connectivity index is 2.10. The summed E-state index contributed by atoms with van der Waals surface area (Å²) in [5, 5.41) is 6.06. The van der Waals surface area contributed by atoms with Crippen LogP contribution in [0.4, 0.5) is 0 Å². The van der Waals surface area contributed by atoms with Gasteiger partial charge in [0, 0.05) is 6.54 Å². The van der Waals surface area contributed by atoms with Crippen LogP contribution in [0.25, 0.3) is 0 Å². The summed E-state index contributed by atoms with van der Waals surface area (Å²) in [4.78, 5) is 13.8. The van der Waals surface area contributed by atoms with E-state index >= 15 is 0 Å². The molecular formula is C15H25N3O. The van der Waals surface area contributed by atoms with Crippen molar-refractivity contribution in [2.75, 3.05) is 40.3 Å². The molecule has 0 fully saturated rings. The molecule has 19 heavy (non-hydrogen) atoms. The van der Waals surface area contributed by atoms with E-state index in [2.05, 4.69) is 27.7 Å². The second-order valence-electron chi connectivity index (χ2n) is 4.78. The number of carbonyl (C=O) groups is 1. The van der Waals surface area contributed by atoms with Crippen molar-refractivity contribution in [1.29, 1.82) is 0 Å². The van der Waals surface area contributed by atoms with Gasteiger partial charge in [-0.15, -0.1) is 0 Å². The van der Waals surface area contributed by atoms with Crippen LogP contribution in [0.2, 0.25) is 0 Å². The van der Waals surface area contributed by atoms with Crippen LogP contribution in [0.3, 0.4) is 0 Å². The maximum atomic E-state index is 11.7. The van der Waals surface area contributed by atoms with E-state index in [-0.39, 0.29) is 5.91 Å². The minimum absolute atomic E-state index is 0.0999. The highest BCUT2D eigenvalue weighted by Gasteiger charge is 2.05. The number of likely N-dealkylation sites (N-methyl/N-ethyl adjacent to an activating group) is 1. The fourth-order valence-corrected chi connectivity index (χ4v) is 1.90. The van der Waals surface area contributed by atoms with E-state index in [9.17, 15) is 4.79 Å². The van der Waals surface area contributed by atoms with E-state index in [4.69, 9.17) is 0 Å². The van der Waals surface area contributed by atoms with E-state index in [1.165, 1.54) is 5.56 Å². The lowest BCUT2D eigenvalue weighted by atomic mass is 10.1. The fraction of sp³-hybridized carbons (Fsp3) is 0.533. The van der Waals surface area contributed by atoms with Crippen LogP contribution >= 0.6 is 0 Å². The molecule has 0 heterocycles. The van der Waals surface area contributed by atoms with Crippen LogP contribution in [0.15, 0.2) is 30.3 Å². The Morgan fingerprint density at radius 1 is 1.21 bits per heavy atom. The van der Waals surface area contributed by atoms with Gasteiger partial charge in [0.05, 0.1) is 6.54 Å². The summed E-state index contributed by atoms with van der Waals surface area (Å²) >= 11 is 0. The van der Waals surface area contributed by atoms with Crippen molar-refractivity contribution in [2.45, 2.75) is 12.8 Å². The van der Waals surface area contributed by atoms with Crippen LogP contribution in [-0.2, 0) is 11.2 Å². The molecule has 1 rings (SSSR count). The molecule has 2 N–H and O–H groups in total. The molecule has 0 spiro atoms. The van der Waals surface area contributed by atoms with Crippen LogP contribution < -0.4 is 10.6 Å². The number of hydrogen-bond donors (Lipinski definition) is 2. The predicted molar refractivity (Wildman–Crippen MR) is 79.2 cm³/mol. The van der Waals surface area contributed by atoms with Gasteiger partial charge in [-0.3, -0.25) is 9.69 Å². The van der Waals surface area contributed by atoms with E-state index < -0.39 is 0 Å². The van der Waals surface area contributed by atoms with Gasteiger partial charge < -0.3 is 10.6 Å². The molecule has 106 valence electrons. The van der Waals surface area contributed by atoms with E-state index in [0.29, 0.717) is 13.1 Å². The van der Waals surface area contributed by atoms with E-state index in [0.717, 1.165) is 25.9 Å². The Kier molecular flexibility index (Phi) is 7.86. The first-order valence-electron chi connectivity index (χ1n) is 6.86. The molecule has 0 saturated carbocycles. The molecule has 0 aliphatic heterocycles. The molecule has 0 aliphatic rings. The molecule has 0 radical (unpaired) electrons. The van der Waals surface area contributed by atoms with Crippen LogP contribution in [0.5, 0.6) is 0 Å². The van der Waals surface area contributed by atoms with E-state index in [1.54, 1.807) is 0 Å². The van der Waals surface area contributed by atoms with Gasteiger partial charge in [0.1, 0.15) is 0 Å². The quantitative estimate of drug-likeness (QED) is 0.650. The Morgan fingerprint density at radius 2 is 1.95 bits per heavy atom. The molecular weight excluding hydrogens is 238 g/mol. The van der Waals surface area contributed by atoms with Crippen LogP contribution in [-0.4, -0.2) is 51.1 Å². The summed E-state index contributed by atoms with van der Waals surface area (Å²) < 4.78 is 0. The SMILES string of the molecule is CNCCCN(C)CC(=O)NCCc1ccccc1. The monoisotopic (exact) mass is 263 g/mol. The number of nitrogens with one attached hydrogen (secondary N) is 2. The van der Waals surface area contributed by atoms with Gasteiger partial charge in [0.15, 0.2) is 0 Å². The van der Waals surface area contributed by atoms with Crippen molar-refractivity contribution in [2.24, 2.45) is 0 Å². The number of nitrogens with zero attached hydrogens (tertiary/aromatic N) is 1. The van der Waals surface area contributed by atoms with Gasteiger partial charge in [-0.25, -0.2) is 0 Å². The molecule has 1 aromatic carbocycles. The summed E-state index contributed by atoms with van der Waals surface area (Å²) in [6, 6.07) is 10.2. The zero-order valence-corrected chi connectivity index (χ0v) is 12.0. The normalized spacial score (nSPS) is 10.7. The number of benzene rings is 1. The van der Waals surface area contributed by atoms with Crippen molar-refractivity contribution < 1.29 is 4.79 Å². The minimum atomic E-state index is 0.0999. The Morgan fingerprint density at radius 3 is 2.63 bits per heavy atom. The summed E-state index contributed by atoms with van der Waals surface area (Å²) in [5.74, 6) is 0.0999. The van der Waals surface area contributed by atoms with Gasteiger partial charge in [-0.1, -0.05) is 30.3 Å². The Hall–Kier alpha value is -1.39. The third-order valence-corrected chi connectivity index (χ3v) is 2.96. The lowest BCUT2D eigenvalue weighted by molar-refractivity contribution is -0.121. The predicted octanol–water partition coefficient (Wildman–Crippen LogP) is 0.887. The second-order valence-corrected chi connectivity index (χ2v) is 4.78. The molecule has 0 unspecified atom stereocenters. The maximum absolute atomic E-state index is 11.7. The standard InChI is InChI=1S/C15H25N3O/c1-16-10-6-12-18(2)13-15(19)17-11-9-14-7-4-3-5-8-14/h3-5,7-8,16H,6,9-13H2,1-2H3,(H,17,19). The van der Waals surface area contributed by atoms with Gasteiger partial charge in [-0.05, 0) is 45.6 Å². The third-order valence-electron chi connectivity index (χ3n) is 2.96. The molecule has 0 saturated heterocycles.